The van der Waals surface area contributed by atoms with Crippen LogP contribution in [0.2, 0.25) is 0 Å². The van der Waals surface area contributed by atoms with Crippen molar-refractivity contribution in [2.45, 2.75) is 90.8 Å². The van der Waals surface area contributed by atoms with Crippen LogP contribution >= 0.6 is 0 Å². The molecule has 0 spiro atoms. The largest absolute Gasteiger partial charge is 0.387 e. The second-order valence-corrected chi connectivity index (χ2v) is 15.0. The van der Waals surface area contributed by atoms with Crippen LogP contribution in [0.15, 0.2) is 42.5 Å². The number of aliphatic hydroxyl groups excluding tert-OH is 1. The molecule has 2 aromatic carbocycles. The number of imidazole rings is 1. The second kappa shape index (κ2) is 12.6. The maximum atomic E-state index is 13.7. The van der Waals surface area contributed by atoms with Crippen molar-refractivity contribution in [3.63, 3.8) is 0 Å². The molecule has 2 saturated carbocycles. The van der Waals surface area contributed by atoms with Crippen molar-refractivity contribution in [1.82, 2.24) is 24.2 Å². The summed E-state index contributed by atoms with van der Waals surface area (Å²) in [6.45, 7) is 7.63. The molecule has 10 heteroatoms. The number of rotatable bonds is 8. The van der Waals surface area contributed by atoms with Gasteiger partial charge in [0.05, 0.1) is 17.5 Å². The summed E-state index contributed by atoms with van der Waals surface area (Å²) in [7, 11) is 1.96. The molecule has 2 aliphatic heterocycles. The first-order valence-corrected chi connectivity index (χ1v) is 18.0. The van der Waals surface area contributed by atoms with Gasteiger partial charge in [-0.25, -0.2) is 4.98 Å². The first-order valence-electron chi connectivity index (χ1n) is 18.0. The fourth-order valence-electron chi connectivity index (χ4n) is 9.10. The molecule has 256 valence electrons. The Morgan fingerprint density at radius 1 is 0.959 bits per heavy atom. The Labute approximate surface area is 287 Å². The number of carbonyl (C=O) groups excluding carboxylic acids is 2. The topological polar surface area (TPSA) is 117 Å². The van der Waals surface area contributed by atoms with Crippen molar-refractivity contribution in [3.05, 3.63) is 82.2 Å². The Balaban J connectivity index is 0.963. The van der Waals surface area contributed by atoms with E-state index in [1.165, 1.54) is 38.5 Å². The van der Waals surface area contributed by atoms with Crippen molar-refractivity contribution in [3.8, 4) is 11.1 Å². The highest BCUT2D eigenvalue weighted by Gasteiger charge is 2.44. The number of nitrogens with one attached hydrogen (secondary N) is 2. The van der Waals surface area contributed by atoms with Crippen LogP contribution in [-0.2, 0) is 26.6 Å². The lowest BCUT2D eigenvalue weighted by atomic mass is 9.81. The number of anilines is 2. The zero-order valence-corrected chi connectivity index (χ0v) is 28.9. The van der Waals surface area contributed by atoms with Crippen LogP contribution < -0.4 is 10.6 Å². The third kappa shape index (κ3) is 5.88. The van der Waals surface area contributed by atoms with Crippen LogP contribution in [-0.4, -0.2) is 54.2 Å². The van der Waals surface area contributed by atoms with Crippen molar-refractivity contribution in [2.24, 2.45) is 18.4 Å². The number of aliphatic hydroxyl groups is 1. The van der Waals surface area contributed by atoms with Gasteiger partial charge >= 0.3 is 0 Å². The third-order valence-electron chi connectivity index (χ3n) is 12.1. The van der Waals surface area contributed by atoms with Gasteiger partial charge in [0.1, 0.15) is 0 Å². The van der Waals surface area contributed by atoms with Gasteiger partial charge in [0, 0.05) is 50.2 Å². The molecule has 4 heterocycles. The van der Waals surface area contributed by atoms with E-state index in [9.17, 15) is 14.7 Å². The summed E-state index contributed by atoms with van der Waals surface area (Å²) >= 11 is 0. The predicted octanol–water partition coefficient (Wildman–Crippen LogP) is 6.56. The molecule has 4 aromatic rings. The Morgan fingerprint density at radius 2 is 1.65 bits per heavy atom. The van der Waals surface area contributed by atoms with Gasteiger partial charge in [-0.3, -0.25) is 19.2 Å². The molecule has 4 aliphatic rings. The van der Waals surface area contributed by atoms with Gasteiger partial charge in [0.2, 0.25) is 0 Å². The Hall–Kier alpha value is -4.28. The highest BCUT2D eigenvalue weighted by molar-refractivity contribution is 6.04. The van der Waals surface area contributed by atoms with Crippen molar-refractivity contribution in [1.29, 1.82) is 0 Å². The van der Waals surface area contributed by atoms with Gasteiger partial charge < -0.3 is 20.3 Å². The van der Waals surface area contributed by atoms with Gasteiger partial charge in [0.25, 0.3) is 11.8 Å². The summed E-state index contributed by atoms with van der Waals surface area (Å²) in [6.07, 6.45) is 10.2. The molecule has 3 N–H and O–H groups in total. The van der Waals surface area contributed by atoms with E-state index in [1.807, 2.05) is 61.9 Å². The van der Waals surface area contributed by atoms with Crippen LogP contribution in [0.3, 0.4) is 0 Å². The van der Waals surface area contributed by atoms with E-state index in [0.717, 1.165) is 77.7 Å². The lowest BCUT2D eigenvalue weighted by molar-refractivity contribution is 0.100. The van der Waals surface area contributed by atoms with Crippen molar-refractivity contribution in [2.75, 3.05) is 23.7 Å². The molecule has 10 nitrogen and oxygen atoms in total. The predicted molar refractivity (Wildman–Crippen MR) is 189 cm³/mol. The number of fused-ring (bicyclic) bond motifs is 4. The highest BCUT2D eigenvalue weighted by atomic mass is 16.3. The summed E-state index contributed by atoms with van der Waals surface area (Å²) in [5, 5.41) is 20.9. The molecule has 8 rings (SSSR count). The number of hydrogen-bond donors (Lipinski definition) is 3. The standard InChI is InChI=1S/C39H47N7O3/c1-24-27(7-4-9-29(24)41-37(48)31-21-34-35(47)11-6-18-46(34)43-31)28-8-5-10-30(25(28)2)42-38(49)36-40-32-23-45(19-14-33(32)44(36)3)20-17-39-15-12-26(22-39)13-16-39/h4-5,7-10,21,26,35,47H,6,11-20,22-23H2,1-3H3,(H,41,48)(H,42,49). The van der Waals surface area contributed by atoms with Crippen molar-refractivity contribution >= 4 is 23.2 Å². The molecule has 0 saturated heterocycles. The molecule has 2 bridgehead atoms. The molecular weight excluding hydrogens is 614 g/mol. The van der Waals surface area contributed by atoms with Crippen LogP contribution in [0.25, 0.3) is 11.1 Å². The minimum atomic E-state index is -0.595. The van der Waals surface area contributed by atoms with Gasteiger partial charge in [-0.1, -0.05) is 24.3 Å². The molecule has 2 amide bonds. The Bertz CT molecular complexity index is 1930. The minimum Gasteiger partial charge on any atom is -0.387 e. The van der Waals surface area contributed by atoms with E-state index in [4.69, 9.17) is 4.98 Å². The number of nitrogens with zero attached hydrogens (tertiary/aromatic N) is 5. The molecule has 2 aromatic heterocycles. The summed E-state index contributed by atoms with van der Waals surface area (Å²) in [5.74, 6) is 0.898. The number of carbonyl (C=O) groups is 2. The SMILES string of the molecule is Cc1c(NC(=O)c2cc3n(n2)CCCC3O)cccc1-c1cccc(NC(=O)c2nc3c(n2C)CCN(CCC24CCC(CC2)C4)C3)c1C. The molecule has 1 atom stereocenters. The lowest BCUT2D eigenvalue weighted by Gasteiger charge is -2.32. The van der Waals surface area contributed by atoms with E-state index < -0.39 is 6.10 Å². The van der Waals surface area contributed by atoms with Crippen LogP contribution in [0, 0.1) is 25.2 Å². The van der Waals surface area contributed by atoms with Crippen LogP contribution in [0.5, 0.6) is 0 Å². The smallest absolute Gasteiger partial charge is 0.291 e. The molecular formula is C39H47N7O3. The number of amides is 2. The minimum absolute atomic E-state index is 0.212. The first-order chi connectivity index (χ1) is 23.7. The maximum Gasteiger partial charge on any atom is 0.291 e. The first kappa shape index (κ1) is 32.0. The summed E-state index contributed by atoms with van der Waals surface area (Å²) in [6, 6.07) is 13.4. The lowest BCUT2D eigenvalue weighted by Crippen LogP contribution is -2.34. The Kier molecular flexibility index (Phi) is 8.19. The Morgan fingerprint density at radius 3 is 2.31 bits per heavy atom. The fraction of sp³-hybridized carbons (Fsp3) is 0.487. The monoisotopic (exact) mass is 661 g/mol. The molecule has 0 radical (unpaired) electrons. The molecule has 1 unspecified atom stereocenters. The van der Waals surface area contributed by atoms with Crippen LogP contribution in [0.1, 0.15) is 107 Å². The zero-order chi connectivity index (χ0) is 33.9. The van der Waals surface area contributed by atoms with Crippen LogP contribution in [0.4, 0.5) is 11.4 Å². The fourth-order valence-corrected chi connectivity index (χ4v) is 9.10. The quantitative estimate of drug-likeness (QED) is 0.197. The van der Waals surface area contributed by atoms with Gasteiger partial charge in [-0.15, -0.1) is 0 Å². The molecule has 2 aliphatic carbocycles. The molecule has 2 fully saturated rings. The highest BCUT2D eigenvalue weighted by Crippen LogP contribution is 2.56. The van der Waals surface area contributed by atoms with E-state index in [0.29, 0.717) is 41.3 Å². The summed E-state index contributed by atoms with van der Waals surface area (Å²) in [5.41, 5.74) is 8.94. The average molecular weight is 662 g/mol. The average Bonchev–Trinajstić information content (AvgIpc) is 3.89. The third-order valence-corrected chi connectivity index (χ3v) is 12.1. The normalized spacial score (nSPS) is 22.9. The summed E-state index contributed by atoms with van der Waals surface area (Å²) < 4.78 is 3.71. The van der Waals surface area contributed by atoms with E-state index in [-0.39, 0.29) is 11.8 Å². The number of hydrogen-bond acceptors (Lipinski definition) is 6. The van der Waals surface area contributed by atoms with E-state index in [1.54, 1.807) is 10.7 Å². The van der Waals surface area contributed by atoms with E-state index in [2.05, 4.69) is 20.6 Å². The zero-order valence-electron chi connectivity index (χ0n) is 28.9. The summed E-state index contributed by atoms with van der Waals surface area (Å²) in [4.78, 5) is 34.4. The van der Waals surface area contributed by atoms with Gasteiger partial charge in [0.15, 0.2) is 11.5 Å². The van der Waals surface area contributed by atoms with Gasteiger partial charge in [-0.2, -0.15) is 5.10 Å². The van der Waals surface area contributed by atoms with Crippen molar-refractivity contribution < 1.29 is 14.7 Å². The van der Waals surface area contributed by atoms with E-state index >= 15 is 0 Å². The number of benzene rings is 2. The van der Waals surface area contributed by atoms with Gasteiger partial charge in [-0.05, 0) is 124 Å². The maximum absolute atomic E-state index is 13.7. The molecule has 49 heavy (non-hydrogen) atoms. The second-order valence-electron chi connectivity index (χ2n) is 15.0. The number of aryl methyl sites for hydroxylation is 1. The number of aromatic nitrogens is 4.